The molecule has 5 heteroatoms. The summed E-state index contributed by atoms with van der Waals surface area (Å²) in [7, 11) is 0. The standard InChI is InChI=1S/C20H18N2OS2/c1-2-3-12-22-19(24)17-18(23-20(22)25)16(14-9-5-4-6-10-14)15-11-7-8-13-21(15)17/h4-11,13H,2-3,12H2,1H3. The van der Waals surface area contributed by atoms with Crippen LogP contribution in [0.3, 0.4) is 0 Å². The van der Waals surface area contributed by atoms with E-state index in [2.05, 4.69) is 29.5 Å². The lowest BCUT2D eigenvalue weighted by Crippen LogP contribution is -2.03. The first kappa shape index (κ1) is 16.2. The molecule has 4 aromatic rings. The van der Waals surface area contributed by atoms with Gasteiger partial charge in [-0.3, -0.25) is 4.57 Å². The maximum Gasteiger partial charge on any atom is 0.270 e. The van der Waals surface area contributed by atoms with E-state index in [0.29, 0.717) is 4.84 Å². The van der Waals surface area contributed by atoms with Crippen LogP contribution >= 0.6 is 24.4 Å². The van der Waals surface area contributed by atoms with Gasteiger partial charge in [-0.05, 0) is 36.3 Å². The van der Waals surface area contributed by atoms with E-state index in [1.165, 1.54) is 0 Å². The first-order chi connectivity index (χ1) is 12.2. The van der Waals surface area contributed by atoms with E-state index < -0.39 is 0 Å². The number of unbranched alkanes of at least 4 members (excludes halogenated alkanes) is 1. The third-order valence-corrected chi connectivity index (χ3v) is 5.17. The zero-order valence-corrected chi connectivity index (χ0v) is 15.6. The summed E-state index contributed by atoms with van der Waals surface area (Å²) in [5, 5.41) is 0. The number of nitrogens with zero attached hydrogens (tertiary/aromatic N) is 2. The summed E-state index contributed by atoms with van der Waals surface area (Å²) in [6.45, 7) is 2.94. The fraction of sp³-hybridized carbons (Fsp3) is 0.200. The largest absolute Gasteiger partial charge is 0.428 e. The zero-order chi connectivity index (χ0) is 17.4. The van der Waals surface area contributed by atoms with E-state index in [4.69, 9.17) is 28.9 Å². The Morgan fingerprint density at radius 3 is 2.52 bits per heavy atom. The molecule has 0 unspecified atom stereocenters. The van der Waals surface area contributed by atoms with Crippen molar-refractivity contribution in [3.63, 3.8) is 0 Å². The number of rotatable bonds is 4. The Morgan fingerprint density at radius 1 is 1.00 bits per heavy atom. The van der Waals surface area contributed by atoms with Gasteiger partial charge in [0.2, 0.25) is 0 Å². The van der Waals surface area contributed by atoms with Gasteiger partial charge in [-0.2, -0.15) is 0 Å². The minimum atomic E-state index is 0.444. The van der Waals surface area contributed by atoms with Crippen molar-refractivity contribution in [1.29, 1.82) is 0 Å². The highest BCUT2D eigenvalue weighted by Gasteiger charge is 2.18. The molecule has 4 rings (SSSR count). The molecule has 0 N–H and O–H groups in total. The Bertz CT molecular complexity index is 1170. The molecule has 0 atom stereocenters. The van der Waals surface area contributed by atoms with Crippen LogP contribution in [0.5, 0.6) is 0 Å². The van der Waals surface area contributed by atoms with Gasteiger partial charge >= 0.3 is 0 Å². The van der Waals surface area contributed by atoms with Crippen LogP contribution in [0.2, 0.25) is 0 Å². The molecule has 0 saturated heterocycles. The summed E-state index contributed by atoms with van der Waals surface area (Å²) in [6.07, 6.45) is 4.13. The molecule has 3 nitrogen and oxygen atoms in total. The summed E-state index contributed by atoms with van der Waals surface area (Å²) in [5.74, 6) is 0. The molecule has 0 spiro atoms. The zero-order valence-electron chi connectivity index (χ0n) is 13.9. The fourth-order valence-electron chi connectivity index (χ4n) is 3.23. The normalized spacial score (nSPS) is 11.4. The Balaban J connectivity index is 2.16. The topological polar surface area (TPSA) is 22.5 Å². The predicted molar refractivity (Wildman–Crippen MR) is 107 cm³/mol. The molecule has 0 amide bonds. The van der Waals surface area contributed by atoms with Crippen molar-refractivity contribution < 1.29 is 4.42 Å². The molecule has 0 aliphatic rings. The minimum absolute atomic E-state index is 0.444. The minimum Gasteiger partial charge on any atom is -0.428 e. The molecule has 0 aliphatic heterocycles. The van der Waals surface area contributed by atoms with Gasteiger partial charge in [-0.25, -0.2) is 0 Å². The van der Waals surface area contributed by atoms with E-state index >= 15 is 0 Å². The second-order valence-corrected chi connectivity index (χ2v) is 6.79. The Hall–Kier alpha value is -2.24. The molecular formula is C20H18N2OS2. The van der Waals surface area contributed by atoms with Crippen molar-refractivity contribution >= 4 is 41.1 Å². The Morgan fingerprint density at radius 2 is 1.76 bits per heavy atom. The molecule has 25 heavy (non-hydrogen) atoms. The number of hydrogen-bond acceptors (Lipinski definition) is 3. The Kier molecular flexibility index (Phi) is 4.27. The molecule has 3 heterocycles. The fourth-order valence-corrected chi connectivity index (χ4v) is 3.92. The van der Waals surface area contributed by atoms with Crippen LogP contribution in [0.1, 0.15) is 19.8 Å². The number of fused-ring (bicyclic) bond motifs is 3. The lowest BCUT2D eigenvalue weighted by molar-refractivity contribution is 0.479. The monoisotopic (exact) mass is 366 g/mol. The molecule has 1 aromatic carbocycles. The van der Waals surface area contributed by atoms with Crippen LogP contribution in [0.25, 0.3) is 27.7 Å². The highest BCUT2D eigenvalue weighted by molar-refractivity contribution is 7.72. The first-order valence-electron chi connectivity index (χ1n) is 8.44. The van der Waals surface area contributed by atoms with Crippen molar-refractivity contribution in [2.45, 2.75) is 26.3 Å². The molecule has 126 valence electrons. The number of hydrogen-bond donors (Lipinski definition) is 0. The van der Waals surface area contributed by atoms with Gasteiger partial charge in [0.1, 0.15) is 10.2 Å². The lowest BCUT2D eigenvalue weighted by Gasteiger charge is -2.07. The number of aromatic nitrogens is 2. The third-order valence-electron chi connectivity index (χ3n) is 4.45. The average molecular weight is 367 g/mol. The van der Waals surface area contributed by atoms with Crippen LogP contribution in [0.15, 0.2) is 59.1 Å². The Labute approximate surface area is 156 Å². The van der Waals surface area contributed by atoms with Gasteiger partial charge in [0.25, 0.3) is 4.84 Å². The van der Waals surface area contributed by atoms with Gasteiger partial charge in [-0.1, -0.05) is 62.0 Å². The van der Waals surface area contributed by atoms with Crippen molar-refractivity contribution in [3.05, 3.63) is 64.2 Å². The smallest absolute Gasteiger partial charge is 0.270 e. The van der Waals surface area contributed by atoms with Gasteiger partial charge in [0.05, 0.1) is 11.1 Å². The third kappa shape index (κ3) is 2.64. The molecule has 0 radical (unpaired) electrons. The van der Waals surface area contributed by atoms with Crippen LogP contribution in [0.4, 0.5) is 0 Å². The molecule has 0 bridgehead atoms. The predicted octanol–water partition coefficient (Wildman–Crippen LogP) is 6.41. The molecule has 0 saturated carbocycles. The first-order valence-corrected chi connectivity index (χ1v) is 9.26. The quantitative estimate of drug-likeness (QED) is 0.390. The van der Waals surface area contributed by atoms with Crippen LogP contribution < -0.4 is 0 Å². The van der Waals surface area contributed by atoms with E-state index in [0.717, 1.165) is 51.8 Å². The highest BCUT2D eigenvalue weighted by atomic mass is 32.1. The lowest BCUT2D eigenvalue weighted by atomic mass is 10.1. The maximum absolute atomic E-state index is 6.13. The maximum atomic E-state index is 6.13. The van der Waals surface area contributed by atoms with Gasteiger partial charge < -0.3 is 8.82 Å². The van der Waals surface area contributed by atoms with E-state index in [-0.39, 0.29) is 0 Å². The highest BCUT2D eigenvalue weighted by Crippen LogP contribution is 2.36. The van der Waals surface area contributed by atoms with Gasteiger partial charge in [0, 0.05) is 12.7 Å². The summed E-state index contributed by atoms with van der Waals surface area (Å²) < 4.78 is 10.9. The van der Waals surface area contributed by atoms with Crippen LogP contribution in [0, 0.1) is 9.48 Å². The van der Waals surface area contributed by atoms with Crippen LogP contribution in [-0.2, 0) is 6.54 Å². The summed E-state index contributed by atoms with van der Waals surface area (Å²) in [4.78, 5) is 0.444. The average Bonchev–Trinajstić information content (AvgIpc) is 2.96. The second kappa shape index (κ2) is 6.58. The van der Waals surface area contributed by atoms with Crippen LogP contribution in [-0.4, -0.2) is 8.97 Å². The van der Waals surface area contributed by atoms with Crippen molar-refractivity contribution in [2.75, 3.05) is 0 Å². The summed E-state index contributed by atoms with van der Waals surface area (Å²) in [5.41, 5.74) is 4.88. The second-order valence-electron chi connectivity index (χ2n) is 6.05. The molecular weight excluding hydrogens is 348 g/mol. The molecule has 0 aliphatic carbocycles. The van der Waals surface area contributed by atoms with E-state index in [1.54, 1.807) is 0 Å². The van der Waals surface area contributed by atoms with Gasteiger partial charge in [-0.15, -0.1) is 0 Å². The van der Waals surface area contributed by atoms with Gasteiger partial charge in [0.15, 0.2) is 5.58 Å². The summed E-state index contributed by atoms with van der Waals surface area (Å²) >= 11 is 11.3. The molecule has 0 fully saturated rings. The number of pyridine rings is 1. The van der Waals surface area contributed by atoms with E-state index in [1.807, 2.05) is 41.1 Å². The molecule has 3 aromatic heterocycles. The number of benzene rings is 1. The SMILES string of the molecule is CCCCn1c(=S)oc2c(-c3ccccc3)c3ccccn3c2c1=S. The van der Waals surface area contributed by atoms with Crippen molar-refractivity contribution in [3.8, 4) is 11.1 Å². The van der Waals surface area contributed by atoms with E-state index in [9.17, 15) is 0 Å². The van der Waals surface area contributed by atoms with Crippen molar-refractivity contribution in [1.82, 2.24) is 8.97 Å². The van der Waals surface area contributed by atoms with Crippen molar-refractivity contribution in [2.24, 2.45) is 0 Å². The summed E-state index contributed by atoms with van der Waals surface area (Å²) in [6, 6.07) is 16.4.